The summed E-state index contributed by atoms with van der Waals surface area (Å²) in [6, 6.07) is 11.8. The minimum absolute atomic E-state index is 0.0181. The highest BCUT2D eigenvalue weighted by Gasteiger charge is 2.39. The molecule has 9 nitrogen and oxygen atoms in total. The summed E-state index contributed by atoms with van der Waals surface area (Å²) in [5.74, 6) is -1.52. The Morgan fingerprint density at radius 3 is 2.22 bits per heavy atom. The molecule has 12 heteroatoms. The number of ether oxygens (including phenoxy) is 2. The van der Waals surface area contributed by atoms with Crippen LogP contribution < -0.4 is 11.2 Å². The number of aliphatic hydroxyl groups excluding tert-OH is 1. The van der Waals surface area contributed by atoms with Gasteiger partial charge < -0.3 is 14.6 Å². The number of carbonyl (C=O) groups excluding carboxylic acids is 2. The molecule has 0 bridgehead atoms. The monoisotopic (exact) mass is 608 g/mol. The molecule has 3 aromatic rings. The summed E-state index contributed by atoms with van der Waals surface area (Å²) in [7, 11) is 0. The van der Waals surface area contributed by atoms with E-state index in [0.717, 1.165) is 4.57 Å². The van der Waals surface area contributed by atoms with Gasteiger partial charge >= 0.3 is 11.7 Å². The Morgan fingerprint density at radius 2 is 1.65 bits per heavy atom. The standard InChI is InChI=1S/C25H19BrCl2N2O7/c26-10-9-16-12-29(25(35)30(23(16)33)22(32)14-1-5-17(27)6-2-14)21-11-19(20(13-31)36-21)37-24(34)15-3-7-18(28)8-4-15/h1-10,12,19-21,31H,11,13H2/b10-9+/t19-,20+,21+/m0/s1. The van der Waals surface area contributed by atoms with Crippen LogP contribution in [0.2, 0.25) is 10.0 Å². The van der Waals surface area contributed by atoms with Crippen LogP contribution >= 0.6 is 39.1 Å². The normalized spacial score (nSPS) is 19.3. The first kappa shape index (κ1) is 27.0. The average Bonchev–Trinajstić information content (AvgIpc) is 3.29. The van der Waals surface area contributed by atoms with Gasteiger partial charge in [-0.2, -0.15) is 4.57 Å². The van der Waals surface area contributed by atoms with E-state index in [1.54, 1.807) is 0 Å². The van der Waals surface area contributed by atoms with Gasteiger partial charge in [0.15, 0.2) is 0 Å². The lowest BCUT2D eigenvalue weighted by atomic mass is 10.1. The van der Waals surface area contributed by atoms with Crippen molar-refractivity contribution in [3.8, 4) is 0 Å². The molecule has 1 aromatic heterocycles. The molecule has 1 saturated heterocycles. The molecule has 0 aliphatic carbocycles. The van der Waals surface area contributed by atoms with Gasteiger partial charge in [-0.05, 0) is 59.6 Å². The zero-order chi connectivity index (χ0) is 26.7. The minimum Gasteiger partial charge on any atom is -0.456 e. The van der Waals surface area contributed by atoms with Gasteiger partial charge in [0.1, 0.15) is 18.4 Å². The number of aromatic nitrogens is 2. The first-order chi connectivity index (χ1) is 17.7. The molecule has 0 unspecified atom stereocenters. The summed E-state index contributed by atoms with van der Waals surface area (Å²) < 4.78 is 12.9. The van der Waals surface area contributed by atoms with Crippen molar-refractivity contribution in [2.24, 2.45) is 0 Å². The molecule has 0 saturated carbocycles. The zero-order valence-electron chi connectivity index (χ0n) is 18.9. The van der Waals surface area contributed by atoms with Crippen LogP contribution in [0.15, 0.2) is 69.3 Å². The van der Waals surface area contributed by atoms with Gasteiger partial charge in [-0.3, -0.25) is 14.2 Å². The summed E-state index contributed by atoms with van der Waals surface area (Å²) in [6.07, 6.45) is -0.296. The maximum absolute atomic E-state index is 13.4. The van der Waals surface area contributed by atoms with Crippen LogP contribution in [0.25, 0.3) is 6.08 Å². The molecule has 2 aromatic carbocycles. The molecule has 4 rings (SSSR count). The summed E-state index contributed by atoms with van der Waals surface area (Å²) >= 11 is 14.8. The van der Waals surface area contributed by atoms with Gasteiger partial charge in [0.2, 0.25) is 0 Å². The van der Waals surface area contributed by atoms with Crippen LogP contribution in [0.1, 0.15) is 38.9 Å². The van der Waals surface area contributed by atoms with E-state index in [1.807, 2.05) is 0 Å². The van der Waals surface area contributed by atoms with Gasteiger partial charge in [-0.1, -0.05) is 39.1 Å². The number of hydrogen-bond donors (Lipinski definition) is 1. The van der Waals surface area contributed by atoms with Gasteiger partial charge in [0.05, 0.1) is 17.7 Å². The summed E-state index contributed by atoms with van der Waals surface area (Å²) in [4.78, 5) is 53.5. The molecule has 0 radical (unpaired) electrons. The van der Waals surface area contributed by atoms with Crippen LogP contribution in [-0.2, 0) is 9.47 Å². The van der Waals surface area contributed by atoms with Gasteiger partial charge in [-0.25, -0.2) is 9.59 Å². The lowest BCUT2D eigenvalue weighted by Gasteiger charge is -2.17. The predicted octanol–water partition coefficient (Wildman–Crippen LogP) is 3.88. The molecule has 1 aliphatic rings. The molecule has 0 spiro atoms. The van der Waals surface area contributed by atoms with E-state index in [1.165, 1.54) is 65.8 Å². The average molecular weight is 610 g/mol. The molecular formula is C25H19BrCl2N2O7. The highest BCUT2D eigenvalue weighted by atomic mass is 79.9. The quantitative estimate of drug-likeness (QED) is 0.422. The van der Waals surface area contributed by atoms with Crippen LogP contribution in [0, 0.1) is 0 Å². The smallest absolute Gasteiger partial charge is 0.340 e. The van der Waals surface area contributed by atoms with E-state index in [4.69, 9.17) is 32.7 Å². The highest BCUT2D eigenvalue weighted by Crippen LogP contribution is 2.30. The molecule has 1 N–H and O–H groups in total. The summed E-state index contributed by atoms with van der Waals surface area (Å²) in [5, 5.41) is 10.7. The molecular weight excluding hydrogens is 591 g/mol. The number of halogens is 3. The van der Waals surface area contributed by atoms with Crippen LogP contribution in [-0.4, -0.2) is 44.9 Å². The van der Waals surface area contributed by atoms with Crippen LogP contribution in [0.3, 0.4) is 0 Å². The van der Waals surface area contributed by atoms with E-state index in [-0.39, 0.29) is 23.1 Å². The van der Waals surface area contributed by atoms with Crippen molar-refractivity contribution < 1.29 is 24.2 Å². The van der Waals surface area contributed by atoms with Crippen molar-refractivity contribution in [2.75, 3.05) is 6.61 Å². The number of carbonyl (C=O) groups is 2. The zero-order valence-corrected chi connectivity index (χ0v) is 22.0. The predicted molar refractivity (Wildman–Crippen MR) is 140 cm³/mol. The number of esters is 1. The fourth-order valence-corrected chi connectivity index (χ4v) is 4.37. The van der Waals surface area contributed by atoms with Crippen molar-refractivity contribution in [1.29, 1.82) is 0 Å². The topological polar surface area (TPSA) is 117 Å². The largest absolute Gasteiger partial charge is 0.456 e. The van der Waals surface area contributed by atoms with Crippen molar-refractivity contribution in [3.63, 3.8) is 0 Å². The van der Waals surface area contributed by atoms with E-state index in [2.05, 4.69) is 15.9 Å². The molecule has 1 aliphatic heterocycles. The maximum Gasteiger partial charge on any atom is 0.340 e. The van der Waals surface area contributed by atoms with Gasteiger partial charge in [0, 0.05) is 28.2 Å². The van der Waals surface area contributed by atoms with Crippen molar-refractivity contribution in [2.45, 2.75) is 24.9 Å². The lowest BCUT2D eigenvalue weighted by molar-refractivity contribution is -0.0524. The second kappa shape index (κ2) is 11.6. The first-order valence-electron chi connectivity index (χ1n) is 10.9. The second-order valence-electron chi connectivity index (χ2n) is 8.02. The molecule has 0 amide bonds. The number of benzene rings is 2. The lowest BCUT2D eigenvalue weighted by Crippen LogP contribution is -2.45. The van der Waals surface area contributed by atoms with Crippen LogP contribution in [0.4, 0.5) is 0 Å². The first-order valence-corrected chi connectivity index (χ1v) is 12.6. The molecule has 3 atom stereocenters. The fraction of sp³-hybridized carbons (Fsp3) is 0.200. The highest BCUT2D eigenvalue weighted by molar-refractivity contribution is 9.11. The van der Waals surface area contributed by atoms with Crippen molar-refractivity contribution in [3.05, 3.63) is 107 Å². The van der Waals surface area contributed by atoms with Crippen LogP contribution in [0.5, 0.6) is 0 Å². The number of rotatable bonds is 6. The minimum atomic E-state index is -1.04. The van der Waals surface area contributed by atoms with Crippen molar-refractivity contribution >= 4 is 57.1 Å². The van der Waals surface area contributed by atoms with E-state index >= 15 is 0 Å². The maximum atomic E-state index is 13.4. The van der Waals surface area contributed by atoms with Gasteiger partial charge in [-0.15, -0.1) is 0 Å². The number of aliphatic hydroxyl groups is 1. The third-order valence-electron chi connectivity index (χ3n) is 5.69. The molecule has 37 heavy (non-hydrogen) atoms. The van der Waals surface area contributed by atoms with Crippen molar-refractivity contribution in [1.82, 2.24) is 9.13 Å². The summed E-state index contributed by atoms with van der Waals surface area (Å²) in [6.45, 7) is -0.499. The molecule has 2 heterocycles. The fourth-order valence-electron chi connectivity index (χ4n) is 3.83. The third kappa shape index (κ3) is 5.78. The second-order valence-corrected chi connectivity index (χ2v) is 9.42. The van der Waals surface area contributed by atoms with Gasteiger partial charge in [0.25, 0.3) is 11.5 Å². The van der Waals surface area contributed by atoms with E-state index < -0.39 is 48.2 Å². The number of nitrogens with zero attached hydrogens (tertiary/aromatic N) is 2. The Hall–Kier alpha value is -3.02. The summed E-state index contributed by atoms with van der Waals surface area (Å²) in [5.41, 5.74) is -1.45. The number of hydrogen-bond acceptors (Lipinski definition) is 7. The molecule has 192 valence electrons. The van der Waals surface area contributed by atoms with E-state index in [9.17, 15) is 24.3 Å². The Labute approximate surface area is 228 Å². The third-order valence-corrected chi connectivity index (χ3v) is 6.45. The SMILES string of the molecule is O=C(O[C@H]1C[C@H](n2cc(/C=C/Br)c(=O)n(C(=O)c3ccc(Cl)cc3)c2=O)O[C@@H]1CO)c1ccc(Cl)cc1. The molecule has 1 fully saturated rings. The Bertz CT molecular complexity index is 1470. The Kier molecular flexibility index (Phi) is 8.46. The Morgan fingerprint density at radius 1 is 1.05 bits per heavy atom. The van der Waals surface area contributed by atoms with E-state index in [0.29, 0.717) is 14.6 Å². The Balaban J connectivity index is 1.69.